The molecule has 0 spiro atoms. The van der Waals surface area contributed by atoms with Crippen LogP contribution in [0.3, 0.4) is 0 Å². The summed E-state index contributed by atoms with van der Waals surface area (Å²) >= 11 is 0. The number of imidazole rings is 1. The third-order valence-corrected chi connectivity index (χ3v) is 6.05. The quantitative estimate of drug-likeness (QED) is 0.254. The number of hydrogen-bond donors (Lipinski definition) is 4. The molecule has 188 valence electrons. The summed E-state index contributed by atoms with van der Waals surface area (Å²) in [6.45, 7) is 3.64. The number of nitrogens with one attached hydrogen (secondary N) is 3. The van der Waals surface area contributed by atoms with Gasteiger partial charge in [0.15, 0.2) is 11.5 Å². The van der Waals surface area contributed by atoms with Crippen LogP contribution in [0.4, 0.5) is 10.1 Å². The van der Waals surface area contributed by atoms with Crippen molar-refractivity contribution >= 4 is 33.7 Å². The number of hydrogen-bond acceptors (Lipinski definition) is 7. The van der Waals surface area contributed by atoms with Crippen molar-refractivity contribution in [2.45, 2.75) is 13.8 Å². The number of anilines is 1. The van der Waals surface area contributed by atoms with Crippen LogP contribution in [0.1, 0.15) is 13.8 Å². The number of nitrogens with zero attached hydrogens (tertiary/aromatic N) is 5. The number of phenolic OH excluding ortho intramolecular Hbond substituents is 1. The Morgan fingerprint density at radius 1 is 0.947 bits per heavy atom. The van der Waals surface area contributed by atoms with Gasteiger partial charge in [0.25, 0.3) is 0 Å². The number of fused-ring (bicyclic) bond motifs is 2. The van der Waals surface area contributed by atoms with Gasteiger partial charge in [-0.3, -0.25) is 19.9 Å². The average Bonchev–Trinajstić information content (AvgIpc) is 3.51. The molecule has 4 N–H and O–H groups in total. The van der Waals surface area contributed by atoms with E-state index in [1.807, 2.05) is 32.0 Å². The summed E-state index contributed by atoms with van der Waals surface area (Å²) in [7, 11) is 0. The molecule has 1 aromatic carbocycles. The van der Waals surface area contributed by atoms with Crippen molar-refractivity contribution < 1.29 is 14.3 Å². The van der Waals surface area contributed by atoms with E-state index < -0.39 is 5.82 Å². The molecule has 6 aromatic rings. The van der Waals surface area contributed by atoms with Gasteiger partial charge in [-0.1, -0.05) is 13.8 Å². The standard InChI is InChI=1S/C27H21FN8O2/c1-13(2)27(38)31-17-6-15(9-29-10-17)20-3-4-21-24(32-20)25(36-35-21)26-33-22-12-30-11-19(23(22)34-26)14-5-16(28)8-18(37)7-14/h3-13,37H,1-2H3,(H,31,38)(H,33,34)(H,35,36). The Morgan fingerprint density at radius 2 is 1.79 bits per heavy atom. The van der Waals surface area contributed by atoms with Crippen molar-refractivity contribution in [2.75, 3.05) is 5.32 Å². The summed E-state index contributed by atoms with van der Waals surface area (Å²) in [5, 5.41) is 20.1. The van der Waals surface area contributed by atoms with E-state index in [4.69, 9.17) is 9.97 Å². The number of aromatic hydroxyl groups is 1. The Morgan fingerprint density at radius 3 is 2.61 bits per heavy atom. The second kappa shape index (κ2) is 9.04. The minimum absolute atomic E-state index is 0.100. The molecule has 10 nitrogen and oxygen atoms in total. The normalized spacial score (nSPS) is 11.5. The number of aromatic nitrogens is 7. The van der Waals surface area contributed by atoms with Crippen LogP contribution in [0.25, 0.3) is 56.0 Å². The molecule has 5 aromatic heterocycles. The van der Waals surface area contributed by atoms with Gasteiger partial charge >= 0.3 is 0 Å². The zero-order valence-electron chi connectivity index (χ0n) is 20.3. The first kappa shape index (κ1) is 23.2. The highest BCUT2D eigenvalue weighted by Gasteiger charge is 2.18. The molecule has 0 aliphatic carbocycles. The minimum atomic E-state index is -0.565. The van der Waals surface area contributed by atoms with Crippen LogP contribution in [0, 0.1) is 11.7 Å². The van der Waals surface area contributed by atoms with Gasteiger partial charge in [0, 0.05) is 35.5 Å². The van der Waals surface area contributed by atoms with Crippen molar-refractivity contribution in [2.24, 2.45) is 5.92 Å². The third-order valence-electron chi connectivity index (χ3n) is 6.05. The lowest BCUT2D eigenvalue weighted by Gasteiger charge is -2.08. The Balaban J connectivity index is 1.42. The number of aromatic amines is 2. The summed E-state index contributed by atoms with van der Waals surface area (Å²) in [4.78, 5) is 33.4. The zero-order valence-corrected chi connectivity index (χ0v) is 20.3. The van der Waals surface area contributed by atoms with Crippen LogP contribution in [-0.2, 0) is 4.79 Å². The van der Waals surface area contributed by atoms with E-state index in [2.05, 4.69) is 30.5 Å². The maximum absolute atomic E-state index is 14.0. The minimum Gasteiger partial charge on any atom is -0.508 e. The predicted octanol–water partition coefficient (Wildman–Crippen LogP) is 5.06. The first-order chi connectivity index (χ1) is 18.4. The number of H-pyrrole nitrogens is 2. The number of rotatable bonds is 5. The number of carbonyl (C=O) groups excluding carboxylic acids is 1. The molecule has 38 heavy (non-hydrogen) atoms. The molecule has 11 heteroatoms. The molecule has 0 unspecified atom stereocenters. The Hall–Kier alpha value is -5.19. The molecule has 0 saturated heterocycles. The van der Waals surface area contributed by atoms with Crippen molar-refractivity contribution in [3.8, 4) is 39.7 Å². The maximum Gasteiger partial charge on any atom is 0.226 e. The summed E-state index contributed by atoms with van der Waals surface area (Å²) in [6.07, 6.45) is 6.44. The predicted molar refractivity (Wildman–Crippen MR) is 141 cm³/mol. The molecule has 0 radical (unpaired) electrons. The number of amides is 1. The van der Waals surface area contributed by atoms with Crippen molar-refractivity contribution in [1.29, 1.82) is 0 Å². The van der Waals surface area contributed by atoms with Crippen LogP contribution >= 0.6 is 0 Å². The fourth-order valence-electron chi connectivity index (χ4n) is 4.15. The van der Waals surface area contributed by atoms with E-state index in [-0.39, 0.29) is 17.6 Å². The largest absolute Gasteiger partial charge is 0.508 e. The molecule has 0 aliphatic rings. The first-order valence-corrected chi connectivity index (χ1v) is 11.8. The lowest BCUT2D eigenvalue weighted by molar-refractivity contribution is -0.118. The molecule has 0 aliphatic heterocycles. The molecule has 1 amide bonds. The second-order valence-corrected chi connectivity index (χ2v) is 9.14. The van der Waals surface area contributed by atoms with Crippen LogP contribution in [0.2, 0.25) is 0 Å². The molecule has 0 fully saturated rings. The Kier molecular flexibility index (Phi) is 5.52. The fraction of sp³-hybridized carbons (Fsp3) is 0.111. The number of phenols is 1. The molecule has 0 bridgehead atoms. The lowest BCUT2D eigenvalue weighted by atomic mass is 10.1. The summed E-state index contributed by atoms with van der Waals surface area (Å²) in [5.74, 6) is -0.568. The van der Waals surface area contributed by atoms with Gasteiger partial charge in [-0.15, -0.1) is 0 Å². The number of pyridine rings is 3. The van der Waals surface area contributed by atoms with Gasteiger partial charge in [-0.05, 0) is 35.9 Å². The molecule has 6 rings (SSSR count). The average molecular weight is 509 g/mol. The highest BCUT2D eigenvalue weighted by atomic mass is 19.1. The monoisotopic (exact) mass is 508 g/mol. The highest BCUT2D eigenvalue weighted by Crippen LogP contribution is 2.33. The van der Waals surface area contributed by atoms with Gasteiger partial charge in [-0.25, -0.2) is 14.4 Å². The number of benzene rings is 1. The first-order valence-electron chi connectivity index (χ1n) is 11.8. The van der Waals surface area contributed by atoms with Crippen LogP contribution < -0.4 is 5.32 Å². The van der Waals surface area contributed by atoms with E-state index in [0.29, 0.717) is 56.1 Å². The van der Waals surface area contributed by atoms with Crippen molar-refractivity contribution in [1.82, 2.24) is 35.1 Å². The summed E-state index contributed by atoms with van der Waals surface area (Å²) < 4.78 is 14.0. The van der Waals surface area contributed by atoms with Crippen LogP contribution in [0.15, 0.2) is 61.2 Å². The summed E-state index contributed by atoms with van der Waals surface area (Å²) in [6, 6.07) is 9.32. The zero-order chi connectivity index (χ0) is 26.4. The van der Waals surface area contributed by atoms with Crippen molar-refractivity contribution in [3.05, 3.63) is 67.0 Å². The maximum atomic E-state index is 14.0. The van der Waals surface area contributed by atoms with Crippen LogP contribution in [-0.4, -0.2) is 46.1 Å². The molecule has 5 heterocycles. The van der Waals surface area contributed by atoms with Gasteiger partial charge in [-0.2, -0.15) is 5.10 Å². The van der Waals surface area contributed by atoms with Gasteiger partial charge in [0.1, 0.15) is 17.1 Å². The molecule has 0 atom stereocenters. The van der Waals surface area contributed by atoms with Gasteiger partial charge in [0.2, 0.25) is 5.91 Å². The van der Waals surface area contributed by atoms with E-state index in [9.17, 15) is 14.3 Å². The summed E-state index contributed by atoms with van der Waals surface area (Å²) in [5.41, 5.74) is 5.88. The lowest BCUT2D eigenvalue weighted by Crippen LogP contribution is -2.17. The van der Waals surface area contributed by atoms with Crippen LogP contribution in [0.5, 0.6) is 5.75 Å². The molecule has 0 saturated carbocycles. The highest BCUT2D eigenvalue weighted by molar-refractivity contribution is 5.96. The van der Waals surface area contributed by atoms with Gasteiger partial charge < -0.3 is 15.4 Å². The van der Waals surface area contributed by atoms with Gasteiger partial charge in [0.05, 0.1) is 40.3 Å². The fourth-order valence-corrected chi connectivity index (χ4v) is 4.15. The Bertz CT molecular complexity index is 1820. The second-order valence-electron chi connectivity index (χ2n) is 9.14. The Labute approximate surface area is 215 Å². The number of halogens is 1. The topological polar surface area (TPSA) is 145 Å². The molecular formula is C27H21FN8O2. The van der Waals surface area contributed by atoms with E-state index >= 15 is 0 Å². The number of carbonyl (C=O) groups is 1. The molecular weight excluding hydrogens is 487 g/mol. The van der Waals surface area contributed by atoms with Crippen molar-refractivity contribution in [3.63, 3.8) is 0 Å². The SMILES string of the molecule is CC(C)C(=O)Nc1cncc(-c2ccc3[nH]nc(-c4nc5c(-c6cc(O)cc(F)c6)cncc5[nH]4)c3n2)c1. The smallest absolute Gasteiger partial charge is 0.226 e. The van der Waals surface area contributed by atoms with E-state index in [1.165, 1.54) is 12.1 Å². The van der Waals surface area contributed by atoms with E-state index in [0.717, 1.165) is 11.6 Å². The third kappa shape index (κ3) is 4.19. The van der Waals surface area contributed by atoms with E-state index in [1.54, 1.807) is 24.8 Å².